The topological polar surface area (TPSA) is 88.5 Å². The highest BCUT2D eigenvalue weighted by molar-refractivity contribution is 5.89. The fourth-order valence-electron chi connectivity index (χ4n) is 4.90. The Balaban J connectivity index is 1.34. The van der Waals surface area contributed by atoms with Crippen molar-refractivity contribution in [1.29, 1.82) is 0 Å². The quantitative estimate of drug-likeness (QED) is 0.627. The van der Waals surface area contributed by atoms with Crippen molar-refractivity contribution < 1.29 is 9.53 Å². The first-order valence-electron chi connectivity index (χ1n) is 11.2. The highest BCUT2D eigenvalue weighted by Gasteiger charge is 2.37. The number of rotatable bonds is 5. The van der Waals surface area contributed by atoms with Gasteiger partial charge in [0.15, 0.2) is 0 Å². The summed E-state index contributed by atoms with van der Waals surface area (Å²) in [5.74, 6) is 1.09. The molecule has 5 rings (SSSR count). The maximum Gasteiger partial charge on any atom is 0.321 e. The van der Waals surface area contributed by atoms with Gasteiger partial charge in [-0.2, -0.15) is 0 Å². The summed E-state index contributed by atoms with van der Waals surface area (Å²) < 4.78 is 7.07. The molecule has 2 aromatic heterocycles. The summed E-state index contributed by atoms with van der Waals surface area (Å²) in [4.78, 5) is 31.9. The van der Waals surface area contributed by atoms with Crippen molar-refractivity contribution in [1.82, 2.24) is 14.5 Å². The van der Waals surface area contributed by atoms with Crippen molar-refractivity contribution in [2.75, 3.05) is 30.8 Å². The van der Waals surface area contributed by atoms with Gasteiger partial charge in [-0.25, -0.2) is 4.79 Å². The van der Waals surface area contributed by atoms with Crippen LogP contribution >= 0.6 is 0 Å². The zero-order chi connectivity index (χ0) is 22.8. The van der Waals surface area contributed by atoms with E-state index in [0.29, 0.717) is 26.2 Å². The van der Waals surface area contributed by atoms with Crippen LogP contribution in [0.2, 0.25) is 0 Å². The van der Waals surface area contributed by atoms with Gasteiger partial charge < -0.3 is 24.8 Å². The predicted octanol–water partition coefficient (Wildman–Crippen LogP) is 3.52. The number of fused-ring (bicyclic) bond motifs is 4. The van der Waals surface area contributed by atoms with Gasteiger partial charge in [-0.3, -0.25) is 9.78 Å². The van der Waals surface area contributed by atoms with E-state index in [1.165, 1.54) is 0 Å². The standard InChI is InChI=1S/C25H27N5O3/c1-33-21-7-5-19(6-8-21)28-25(32)29-14-17-12-18(16-29)24-22(9-10-23(31)30(24)15-17)27-13-20-4-2-3-11-26-20/h2-11,17-18,27H,12-16H2,1H3,(H,28,32)/t17-,18-/m1/s1. The third kappa shape index (κ3) is 4.41. The molecule has 0 radical (unpaired) electrons. The summed E-state index contributed by atoms with van der Waals surface area (Å²) in [6, 6.07) is 16.5. The van der Waals surface area contributed by atoms with Crippen LogP contribution in [0.4, 0.5) is 16.2 Å². The number of urea groups is 1. The largest absolute Gasteiger partial charge is 0.497 e. The van der Waals surface area contributed by atoms with Gasteiger partial charge in [0, 0.05) is 49.2 Å². The number of methoxy groups -OCH3 is 1. The number of aromatic nitrogens is 2. The SMILES string of the molecule is COc1ccc(NC(=O)N2C[C@H]3C[C@H](C2)c2c(NCc4ccccn4)ccc(=O)n2C3)cc1. The fraction of sp³-hybridized carbons (Fsp3) is 0.320. The molecule has 8 heteroatoms. The number of carbonyl (C=O) groups is 1. The van der Waals surface area contributed by atoms with E-state index in [9.17, 15) is 9.59 Å². The number of nitrogens with zero attached hydrogens (tertiary/aromatic N) is 3. The molecular weight excluding hydrogens is 418 g/mol. The van der Waals surface area contributed by atoms with Crippen LogP contribution in [-0.4, -0.2) is 40.7 Å². The number of benzene rings is 1. The number of carbonyl (C=O) groups excluding carboxylic acids is 1. The molecule has 2 bridgehead atoms. The second-order valence-electron chi connectivity index (χ2n) is 8.62. The smallest absolute Gasteiger partial charge is 0.321 e. The Morgan fingerprint density at radius 3 is 2.70 bits per heavy atom. The molecule has 170 valence electrons. The van der Waals surface area contributed by atoms with Gasteiger partial charge in [-0.1, -0.05) is 6.07 Å². The van der Waals surface area contributed by atoms with Gasteiger partial charge >= 0.3 is 6.03 Å². The summed E-state index contributed by atoms with van der Waals surface area (Å²) >= 11 is 0. The van der Waals surface area contributed by atoms with E-state index < -0.39 is 0 Å². The molecule has 0 saturated carbocycles. The van der Waals surface area contributed by atoms with Crippen molar-refractivity contribution in [3.63, 3.8) is 0 Å². The summed E-state index contributed by atoms with van der Waals surface area (Å²) in [6.07, 6.45) is 2.74. The molecule has 3 aromatic rings. The highest BCUT2D eigenvalue weighted by Crippen LogP contribution is 2.38. The maximum atomic E-state index is 13.0. The van der Waals surface area contributed by atoms with Crippen LogP contribution in [0.3, 0.4) is 0 Å². The number of nitrogens with one attached hydrogen (secondary N) is 2. The lowest BCUT2D eigenvalue weighted by molar-refractivity contribution is 0.140. The van der Waals surface area contributed by atoms with Gasteiger partial charge in [0.05, 0.1) is 25.0 Å². The number of amides is 2. The van der Waals surface area contributed by atoms with Crippen molar-refractivity contribution in [2.45, 2.75) is 25.4 Å². The first-order chi connectivity index (χ1) is 16.1. The van der Waals surface area contributed by atoms with Crippen LogP contribution in [-0.2, 0) is 13.1 Å². The molecule has 1 fully saturated rings. The van der Waals surface area contributed by atoms with E-state index in [0.717, 1.165) is 34.9 Å². The van der Waals surface area contributed by atoms with Crippen LogP contribution in [0.5, 0.6) is 5.75 Å². The van der Waals surface area contributed by atoms with E-state index in [4.69, 9.17) is 4.74 Å². The third-order valence-electron chi connectivity index (χ3n) is 6.40. The first-order valence-corrected chi connectivity index (χ1v) is 11.2. The maximum absolute atomic E-state index is 13.0. The minimum Gasteiger partial charge on any atom is -0.497 e. The molecule has 0 aliphatic carbocycles. The molecule has 1 saturated heterocycles. The Morgan fingerprint density at radius 2 is 1.94 bits per heavy atom. The van der Waals surface area contributed by atoms with Gasteiger partial charge in [0.2, 0.25) is 0 Å². The summed E-state index contributed by atoms with van der Waals surface area (Å²) in [5, 5.41) is 6.45. The minimum absolute atomic E-state index is 0.0132. The predicted molar refractivity (Wildman–Crippen MR) is 127 cm³/mol. The molecule has 4 heterocycles. The van der Waals surface area contributed by atoms with E-state index in [1.807, 2.05) is 58.0 Å². The molecule has 2 N–H and O–H groups in total. The van der Waals surface area contributed by atoms with Crippen molar-refractivity contribution in [2.24, 2.45) is 5.92 Å². The average Bonchev–Trinajstić information content (AvgIpc) is 2.85. The number of hydrogen-bond donors (Lipinski definition) is 2. The highest BCUT2D eigenvalue weighted by atomic mass is 16.5. The second kappa shape index (κ2) is 8.97. The number of piperidine rings is 1. The Morgan fingerprint density at radius 1 is 1.09 bits per heavy atom. The zero-order valence-corrected chi connectivity index (χ0v) is 18.5. The monoisotopic (exact) mass is 445 g/mol. The molecular formula is C25H27N5O3. The molecule has 2 aliphatic heterocycles. The number of ether oxygens (including phenoxy) is 1. The Bertz CT molecular complexity index is 1190. The van der Waals surface area contributed by atoms with Crippen LogP contribution in [0.15, 0.2) is 65.6 Å². The van der Waals surface area contributed by atoms with Gasteiger partial charge in [-0.05, 0) is 54.8 Å². The lowest BCUT2D eigenvalue weighted by Gasteiger charge is -2.43. The molecule has 0 unspecified atom stereocenters. The van der Waals surface area contributed by atoms with E-state index in [2.05, 4.69) is 15.6 Å². The van der Waals surface area contributed by atoms with E-state index in [-0.39, 0.29) is 23.4 Å². The first kappa shape index (κ1) is 21.1. The normalized spacial score (nSPS) is 18.9. The Labute approximate surface area is 192 Å². The van der Waals surface area contributed by atoms with Gasteiger partial charge in [0.25, 0.3) is 5.56 Å². The molecule has 2 aliphatic rings. The second-order valence-corrected chi connectivity index (χ2v) is 8.62. The minimum atomic E-state index is -0.121. The van der Waals surface area contributed by atoms with Gasteiger partial charge in [-0.15, -0.1) is 0 Å². The molecule has 8 nitrogen and oxygen atoms in total. The summed E-state index contributed by atoms with van der Waals surface area (Å²) in [7, 11) is 1.61. The Hall–Kier alpha value is -3.81. The zero-order valence-electron chi connectivity index (χ0n) is 18.5. The molecule has 2 atom stereocenters. The number of likely N-dealkylation sites (tertiary alicyclic amines) is 1. The van der Waals surface area contributed by atoms with Crippen molar-refractivity contribution in [3.05, 3.63) is 82.5 Å². The molecule has 2 amide bonds. The Kier molecular flexibility index (Phi) is 5.73. The van der Waals surface area contributed by atoms with Crippen LogP contribution in [0.25, 0.3) is 0 Å². The number of hydrogen-bond acceptors (Lipinski definition) is 5. The van der Waals surface area contributed by atoms with E-state index in [1.54, 1.807) is 19.4 Å². The molecule has 0 spiro atoms. The average molecular weight is 446 g/mol. The van der Waals surface area contributed by atoms with E-state index >= 15 is 0 Å². The lowest BCUT2D eigenvalue weighted by atomic mass is 9.82. The summed E-state index contributed by atoms with van der Waals surface area (Å²) in [5.41, 5.74) is 3.59. The number of pyridine rings is 2. The lowest BCUT2D eigenvalue weighted by Crippen LogP contribution is -2.50. The van der Waals surface area contributed by atoms with Crippen LogP contribution < -0.4 is 20.9 Å². The van der Waals surface area contributed by atoms with Crippen LogP contribution in [0, 0.1) is 5.92 Å². The van der Waals surface area contributed by atoms with Gasteiger partial charge in [0.1, 0.15) is 5.75 Å². The van der Waals surface area contributed by atoms with Crippen molar-refractivity contribution in [3.8, 4) is 5.75 Å². The van der Waals surface area contributed by atoms with Crippen molar-refractivity contribution >= 4 is 17.4 Å². The summed E-state index contributed by atoms with van der Waals surface area (Å²) in [6.45, 7) is 2.40. The van der Waals surface area contributed by atoms with Crippen LogP contribution in [0.1, 0.15) is 23.7 Å². The molecule has 33 heavy (non-hydrogen) atoms. The number of anilines is 2. The fourth-order valence-corrected chi connectivity index (χ4v) is 4.90. The molecule has 1 aromatic carbocycles. The third-order valence-corrected chi connectivity index (χ3v) is 6.40.